The Morgan fingerprint density at radius 2 is 1.53 bits per heavy atom. The number of amides is 2. The molecule has 0 N–H and O–H groups in total. The smallest absolute Gasteiger partial charge is 0.416 e. The molecule has 2 aromatic carbocycles. The lowest BCUT2D eigenvalue weighted by Gasteiger charge is -2.42. The van der Waals surface area contributed by atoms with E-state index < -0.39 is 17.5 Å². The molecule has 1 atom stereocenters. The molecule has 1 unspecified atom stereocenters. The van der Waals surface area contributed by atoms with Gasteiger partial charge in [-0.1, -0.05) is 12.1 Å². The van der Waals surface area contributed by atoms with Crippen molar-refractivity contribution in [3.8, 4) is 11.5 Å². The zero-order valence-corrected chi connectivity index (χ0v) is 20.4. The first kappa shape index (κ1) is 25.8. The van der Waals surface area contributed by atoms with Crippen molar-refractivity contribution in [2.75, 3.05) is 46.9 Å². The van der Waals surface area contributed by atoms with Crippen LogP contribution in [0.3, 0.4) is 0 Å². The maximum absolute atomic E-state index is 13.9. The fraction of sp³-hybridized carbons (Fsp3) is 0.462. The predicted molar refractivity (Wildman–Crippen MR) is 127 cm³/mol. The van der Waals surface area contributed by atoms with E-state index in [9.17, 15) is 22.8 Å². The van der Waals surface area contributed by atoms with E-state index in [0.29, 0.717) is 44.9 Å². The molecule has 0 aliphatic carbocycles. The minimum absolute atomic E-state index is 0.0537. The van der Waals surface area contributed by atoms with Crippen LogP contribution in [0.15, 0.2) is 48.5 Å². The summed E-state index contributed by atoms with van der Waals surface area (Å²) in [7, 11) is 3.53. The molecule has 0 bridgehead atoms. The van der Waals surface area contributed by atoms with E-state index in [4.69, 9.17) is 9.47 Å². The van der Waals surface area contributed by atoms with Gasteiger partial charge in [0.05, 0.1) is 19.1 Å². The second kappa shape index (κ2) is 10.4. The van der Waals surface area contributed by atoms with E-state index >= 15 is 0 Å². The fourth-order valence-corrected chi connectivity index (χ4v) is 4.67. The summed E-state index contributed by atoms with van der Waals surface area (Å²) in [4.78, 5) is 32.6. The molecule has 2 amide bonds. The van der Waals surface area contributed by atoms with Crippen molar-refractivity contribution >= 4 is 11.8 Å². The van der Waals surface area contributed by atoms with E-state index in [-0.39, 0.29) is 30.4 Å². The number of carbonyl (C=O) groups is 2. The zero-order valence-electron chi connectivity index (χ0n) is 20.4. The molecule has 2 aliphatic heterocycles. The average molecular weight is 506 g/mol. The highest BCUT2D eigenvalue weighted by Crippen LogP contribution is 2.37. The summed E-state index contributed by atoms with van der Waals surface area (Å²) in [6.07, 6.45) is -3.64. The van der Waals surface area contributed by atoms with E-state index in [0.717, 1.165) is 17.7 Å². The number of hydrogen-bond donors (Lipinski definition) is 0. The van der Waals surface area contributed by atoms with Crippen molar-refractivity contribution in [2.45, 2.75) is 31.2 Å². The SMILES string of the molecule is COc1ccc(CC(=O)N2CCCC2(Oc2ccc(C(F)(F)F)cc2)C(=O)N2CCN(C)CC2)cc1. The molecule has 2 heterocycles. The molecular formula is C26H30F3N3O4. The van der Waals surface area contributed by atoms with Gasteiger partial charge in [0.15, 0.2) is 0 Å². The van der Waals surface area contributed by atoms with Gasteiger partial charge in [-0.05, 0) is 55.4 Å². The van der Waals surface area contributed by atoms with Crippen LogP contribution >= 0.6 is 0 Å². The topological polar surface area (TPSA) is 62.3 Å². The van der Waals surface area contributed by atoms with E-state index in [1.54, 1.807) is 36.3 Å². The highest BCUT2D eigenvalue weighted by molar-refractivity contribution is 5.92. The second-order valence-corrected chi connectivity index (χ2v) is 9.18. The van der Waals surface area contributed by atoms with Gasteiger partial charge in [-0.3, -0.25) is 14.5 Å². The fourth-order valence-electron chi connectivity index (χ4n) is 4.67. The van der Waals surface area contributed by atoms with E-state index in [1.165, 1.54) is 17.0 Å². The third-order valence-electron chi connectivity index (χ3n) is 6.74. The van der Waals surface area contributed by atoms with Crippen molar-refractivity contribution < 1.29 is 32.2 Å². The normalized spacial score (nSPS) is 20.9. The molecule has 194 valence electrons. The molecule has 4 rings (SSSR count). The number of hydrogen-bond acceptors (Lipinski definition) is 5. The number of alkyl halides is 3. The molecule has 36 heavy (non-hydrogen) atoms. The van der Waals surface area contributed by atoms with Crippen LogP contribution < -0.4 is 9.47 Å². The Bertz CT molecular complexity index is 1070. The van der Waals surface area contributed by atoms with Gasteiger partial charge >= 0.3 is 6.18 Å². The minimum Gasteiger partial charge on any atom is -0.497 e. The summed E-state index contributed by atoms with van der Waals surface area (Å²) in [5, 5.41) is 0. The second-order valence-electron chi connectivity index (χ2n) is 9.18. The number of benzene rings is 2. The Morgan fingerprint density at radius 1 is 0.917 bits per heavy atom. The number of piperazine rings is 1. The van der Waals surface area contributed by atoms with Crippen molar-refractivity contribution in [3.05, 3.63) is 59.7 Å². The lowest BCUT2D eigenvalue weighted by Crippen LogP contribution is -2.64. The largest absolute Gasteiger partial charge is 0.497 e. The van der Waals surface area contributed by atoms with Crippen LogP contribution in [-0.2, 0) is 22.2 Å². The van der Waals surface area contributed by atoms with Crippen LogP contribution in [0.1, 0.15) is 24.0 Å². The number of halogens is 3. The van der Waals surface area contributed by atoms with Crippen LogP contribution in [0.25, 0.3) is 0 Å². The molecule has 2 aromatic rings. The summed E-state index contributed by atoms with van der Waals surface area (Å²) >= 11 is 0. The number of carbonyl (C=O) groups excluding carboxylic acids is 2. The van der Waals surface area contributed by atoms with Gasteiger partial charge in [0.2, 0.25) is 5.91 Å². The van der Waals surface area contributed by atoms with Crippen LogP contribution in [-0.4, -0.2) is 79.1 Å². The molecule has 7 nitrogen and oxygen atoms in total. The standard InChI is InChI=1S/C26H30F3N3O4/c1-30-14-16-31(17-15-30)24(34)25(36-22-10-6-20(7-11-22)26(27,28)29)12-3-13-32(25)23(33)18-19-4-8-21(35-2)9-5-19/h4-11H,3,12-18H2,1-2H3. The van der Waals surface area contributed by atoms with Crippen molar-refractivity contribution in [1.29, 1.82) is 0 Å². The van der Waals surface area contributed by atoms with Crippen molar-refractivity contribution in [3.63, 3.8) is 0 Å². The number of ether oxygens (including phenoxy) is 2. The monoisotopic (exact) mass is 505 g/mol. The third kappa shape index (κ3) is 5.43. The van der Waals surface area contributed by atoms with Gasteiger partial charge in [0.25, 0.3) is 11.6 Å². The lowest BCUT2D eigenvalue weighted by atomic mass is 10.1. The Morgan fingerprint density at radius 3 is 2.11 bits per heavy atom. The summed E-state index contributed by atoms with van der Waals surface area (Å²) in [5.41, 5.74) is -1.67. The number of methoxy groups -OCH3 is 1. The van der Waals surface area contributed by atoms with Crippen LogP contribution in [0.4, 0.5) is 13.2 Å². The summed E-state index contributed by atoms with van der Waals surface area (Å²) in [6.45, 7) is 2.64. The Labute approximate surface area is 208 Å². The van der Waals surface area contributed by atoms with Gasteiger partial charge < -0.3 is 19.3 Å². The van der Waals surface area contributed by atoms with Gasteiger partial charge in [0.1, 0.15) is 11.5 Å². The number of rotatable bonds is 6. The molecule has 0 spiro atoms. The zero-order chi connectivity index (χ0) is 25.9. The van der Waals surface area contributed by atoms with Gasteiger partial charge in [-0.15, -0.1) is 0 Å². The molecule has 0 aromatic heterocycles. The molecule has 0 saturated carbocycles. The van der Waals surface area contributed by atoms with Gasteiger partial charge in [0, 0.05) is 39.1 Å². The van der Waals surface area contributed by atoms with Crippen LogP contribution in [0.5, 0.6) is 11.5 Å². The minimum atomic E-state index is -4.49. The Balaban J connectivity index is 1.62. The predicted octanol–water partition coefficient (Wildman–Crippen LogP) is 3.43. The van der Waals surface area contributed by atoms with E-state index in [2.05, 4.69) is 4.90 Å². The Hall–Kier alpha value is -3.27. The summed E-state index contributed by atoms with van der Waals surface area (Å²) < 4.78 is 50.5. The van der Waals surface area contributed by atoms with E-state index in [1.807, 2.05) is 7.05 Å². The lowest BCUT2D eigenvalue weighted by molar-refractivity contribution is -0.172. The molecule has 2 saturated heterocycles. The maximum atomic E-state index is 13.9. The van der Waals surface area contributed by atoms with Gasteiger partial charge in [-0.25, -0.2) is 0 Å². The summed E-state index contributed by atoms with van der Waals surface area (Å²) in [6, 6.07) is 11.3. The highest BCUT2D eigenvalue weighted by Gasteiger charge is 2.54. The first-order chi connectivity index (χ1) is 17.1. The number of likely N-dealkylation sites (tertiary alicyclic amines) is 1. The molecule has 10 heteroatoms. The molecule has 2 fully saturated rings. The molecule has 2 aliphatic rings. The molecular weight excluding hydrogens is 475 g/mol. The van der Waals surface area contributed by atoms with Crippen LogP contribution in [0.2, 0.25) is 0 Å². The number of likely N-dealkylation sites (N-methyl/N-ethyl adjacent to an activating group) is 1. The average Bonchev–Trinajstić information content (AvgIpc) is 3.29. The molecule has 0 radical (unpaired) electrons. The summed E-state index contributed by atoms with van der Waals surface area (Å²) in [5.74, 6) is 0.148. The first-order valence-electron chi connectivity index (χ1n) is 11.9. The highest BCUT2D eigenvalue weighted by atomic mass is 19.4. The van der Waals surface area contributed by atoms with Gasteiger partial charge in [-0.2, -0.15) is 13.2 Å². The number of nitrogens with zero attached hydrogens (tertiary/aromatic N) is 3. The quantitative estimate of drug-likeness (QED) is 0.602. The first-order valence-corrected chi connectivity index (χ1v) is 11.9. The van der Waals surface area contributed by atoms with Crippen molar-refractivity contribution in [1.82, 2.24) is 14.7 Å². The Kier molecular flexibility index (Phi) is 7.44. The van der Waals surface area contributed by atoms with Crippen molar-refractivity contribution in [2.24, 2.45) is 0 Å². The third-order valence-corrected chi connectivity index (χ3v) is 6.74. The maximum Gasteiger partial charge on any atom is 0.416 e. The van der Waals surface area contributed by atoms with Crippen LogP contribution in [0, 0.1) is 0 Å².